The summed E-state index contributed by atoms with van der Waals surface area (Å²) in [5.74, 6) is 1.52. The van der Waals surface area contributed by atoms with Crippen LogP contribution in [0.15, 0.2) is 22.7 Å². The average molecular weight is 232 g/mol. The predicted molar refractivity (Wildman–Crippen MR) is 67.5 cm³/mol. The molecule has 1 aromatic heterocycles. The summed E-state index contributed by atoms with van der Waals surface area (Å²) in [6.45, 7) is 4.07. The first-order chi connectivity index (χ1) is 8.15. The molecule has 0 radical (unpaired) electrons. The second-order valence-corrected chi connectivity index (χ2v) is 3.94. The molecule has 1 N–H and O–H groups in total. The topological polar surface area (TPSA) is 47.3 Å². The van der Waals surface area contributed by atoms with E-state index >= 15 is 0 Å². The fourth-order valence-electron chi connectivity index (χ4n) is 1.91. The molecule has 17 heavy (non-hydrogen) atoms. The minimum Gasteiger partial charge on any atom is -0.496 e. The van der Waals surface area contributed by atoms with Crippen molar-refractivity contribution in [3.8, 4) is 17.1 Å². The van der Waals surface area contributed by atoms with Crippen LogP contribution in [0, 0.1) is 13.8 Å². The summed E-state index contributed by atoms with van der Waals surface area (Å²) in [7, 11) is 3.43. The maximum Gasteiger partial charge on any atom is 0.294 e. The van der Waals surface area contributed by atoms with E-state index in [0.717, 1.165) is 22.4 Å². The molecule has 0 bridgehead atoms. The van der Waals surface area contributed by atoms with E-state index in [1.54, 1.807) is 20.4 Å². The molecule has 0 unspecified atom stereocenters. The molecule has 90 valence electrons. The molecular weight excluding hydrogens is 216 g/mol. The molecule has 0 aliphatic rings. The van der Waals surface area contributed by atoms with Gasteiger partial charge in [-0.2, -0.15) is 0 Å². The highest BCUT2D eigenvalue weighted by atomic mass is 16.5. The average Bonchev–Trinajstić information content (AvgIpc) is 2.76. The first-order valence-electron chi connectivity index (χ1n) is 5.45. The largest absolute Gasteiger partial charge is 0.496 e. The van der Waals surface area contributed by atoms with Gasteiger partial charge in [0.2, 0.25) is 0 Å². The Morgan fingerprint density at radius 3 is 2.65 bits per heavy atom. The van der Waals surface area contributed by atoms with Crippen molar-refractivity contribution in [2.45, 2.75) is 13.8 Å². The zero-order chi connectivity index (χ0) is 12.4. The second-order valence-electron chi connectivity index (χ2n) is 3.94. The summed E-state index contributed by atoms with van der Waals surface area (Å²) in [6.07, 6.45) is 1.70. The number of oxazole rings is 1. The maximum atomic E-state index is 5.58. The van der Waals surface area contributed by atoms with Crippen molar-refractivity contribution >= 4 is 6.01 Å². The number of hydrogen-bond donors (Lipinski definition) is 1. The van der Waals surface area contributed by atoms with E-state index in [1.807, 2.05) is 19.9 Å². The summed E-state index contributed by atoms with van der Waals surface area (Å²) in [6, 6.07) is 4.59. The number of hydrogen-bond acceptors (Lipinski definition) is 4. The van der Waals surface area contributed by atoms with Gasteiger partial charge in [-0.1, -0.05) is 6.07 Å². The standard InChI is InChI=1S/C13H16N2O2/c1-8-5-9(2)12(10(6-8)16-4)11-7-15-13(14-3)17-11/h5-7H,1-4H3,(H,14,15). The number of aromatic nitrogens is 1. The molecular formula is C13H16N2O2. The minimum atomic E-state index is 0.502. The van der Waals surface area contributed by atoms with E-state index in [2.05, 4.69) is 16.4 Å². The van der Waals surface area contributed by atoms with Crippen LogP contribution in [-0.4, -0.2) is 19.1 Å². The molecule has 0 atom stereocenters. The van der Waals surface area contributed by atoms with Crippen molar-refractivity contribution in [3.05, 3.63) is 29.5 Å². The summed E-state index contributed by atoms with van der Waals surface area (Å²) in [4.78, 5) is 4.12. The molecule has 0 amide bonds. The van der Waals surface area contributed by atoms with E-state index in [-0.39, 0.29) is 0 Å². The van der Waals surface area contributed by atoms with Gasteiger partial charge >= 0.3 is 0 Å². The SMILES string of the molecule is CNc1ncc(-c2c(C)cc(C)cc2OC)o1. The van der Waals surface area contributed by atoms with Gasteiger partial charge in [-0.25, -0.2) is 4.98 Å². The molecule has 1 heterocycles. The minimum absolute atomic E-state index is 0.502. The van der Waals surface area contributed by atoms with Gasteiger partial charge < -0.3 is 14.5 Å². The third-order valence-corrected chi connectivity index (χ3v) is 2.63. The third-order valence-electron chi connectivity index (χ3n) is 2.63. The molecule has 0 aliphatic carbocycles. The van der Waals surface area contributed by atoms with Crippen molar-refractivity contribution < 1.29 is 9.15 Å². The molecule has 4 nitrogen and oxygen atoms in total. The molecule has 0 spiro atoms. The quantitative estimate of drug-likeness (QED) is 0.883. The number of benzene rings is 1. The van der Waals surface area contributed by atoms with Gasteiger partial charge in [-0.3, -0.25) is 0 Å². The number of rotatable bonds is 3. The number of nitrogens with one attached hydrogen (secondary N) is 1. The van der Waals surface area contributed by atoms with E-state index in [9.17, 15) is 0 Å². The van der Waals surface area contributed by atoms with E-state index < -0.39 is 0 Å². The van der Waals surface area contributed by atoms with Crippen LogP contribution in [0.4, 0.5) is 6.01 Å². The summed E-state index contributed by atoms with van der Waals surface area (Å²) in [5, 5.41) is 2.87. The summed E-state index contributed by atoms with van der Waals surface area (Å²) < 4.78 is 11.0. The molecule has 2 aromatic rings. The van der Waals surface area contributed by atoms with Gasteiger partial charge in [0, 0.05) is 7.05 Å². The fourth-order valence-corrected chi connectivity index (χ4v) is 1.91. The summed E-state index contributed by atoms with van der Waals surface area (Å²) in [5.41, 5.74) is 3.23. The van der Waals surface area contributed by atoms with Gasteiger partial charge in [0.25, 0.3) is 6.01 Å². The molecule has 0 saturated carbocycles. The Morgan fingerprint density at radius 1 is 1.29 bits per heavy atom. The lowest BCUT2D eigenvalue weighted by atomic mass is 10.0. The van der Waals surface area contributed by atoms with Crippen molar-refractivity contribution in [1.29, 1.82) is 0 Å². The van der Waals surface area contributed by atoms with Crippen molar-refractivity contribution in [2.24, 2.45) is 0 Å². The first kappa shape index (κ1) is 11.5. The highest BCUT2D eigenvalue weighted by Gasteiger charge is 2.14. The third kappa shape index (κ3) is 2.11. The lowest BCUT2D eigenvalue weighted by Gasteiger charge is -2.10. The molecule has 0 aliphatic heterocycles. The lowest BCUT2D eigenvalue weighted by molar-refractivity contribution is 0.414. The normalized spacial score (nSPS) is 10.4. The Labute approximate surface area is 101 Å². The van der Waals surface area contributed by atoms with Gasteiger partial charge in [-0.15, -0.1) is 0 Å². The Morgan fingerprint density at radius 2 is 2.06 bits per heavy atom. The van der Waals surface area contributed by atoms with Crippen LogP contribution in [0.1, 0.15) is 11.1 Å². The van der Waals surface area contributed by atoms with Gasteiger partial charge in [-0.05, 0) is 31.0 Å². The Bertz CT molecular complexity index is 532. The molecule has 2 rings (SSSR count). The Balaban J connectivity index is 2.57. The summed E-state index contributed by atoms with van der Waals surface area (Å²) >= 11 is 0. The van der Waals surface area contributed by atoms with Crippen LogP contribution in [0.5, 0.6) is 5.75 Å². The van der Waals surface area contributed by atoms with Crippen LogP contribution in [0.2, 0.25) is 0 Å². The zero-order valence-corrected chi connectivity index (χ0v) is 10.5. The number of anilines is 1. The molecule has 0 saturated heterocycles. The first-order valence-corrected chi connectivity index (χ1v) is 5.45. The van der Waals surface area contributed by atoms with Crippen molar-refractivity contribution in [3.63, 3.8) is 0 Å². The Hall–Kier alpha value is -1.97. The lowest BCUT2D eigenvalue weighted by Crippen LogP contribution is -1.91. The van der Waals surface area contributed by atoms with Gasteiger partial charge in [0.05, 0.1) is 18.9 Å². The fraction of sp³-hybridized carbons (Fsp3) is 0.308. The molecule has 0 fully saturated rings. The zero-order valence-electron chi connectivity index (χ0n) is 10.5. The van der Waals surface area contributed by atoms with Gasteiger partial charge in [0.1, 0.15) is 5.75 Å². The molecule has 4 heteroatoms. The van der Waals surface area contributed by atoms with Crippen LogP contribution in [0.3, 0.4) is 0 Å². The van der Waals surface area contributed by atoms with Crippen molar-refractivity contribution in [1.82, 2.24) is 4.98 Å². The van der Waals surface area contributed by atoms with E-state index in [1.165, 1.54) is 0 Å². The maximum absolute atomic E-state index is 5.58. The van der Waals surface area contributed by atoms with Crippen LogP contribution in [-0.2, 0) is 0 Å². The highest BCUT2D eigenvalue weighted by molar-refractivity contribution is 5.70. The number of nitrogens with zero attached hydrogens (tertiary/aromatic N) is 1. The number of ether oxygens (including phenoxy) is 1. The second kappa shape index (κ2) is 4.49. The van der Waals surface area contributed by atoms with Crippen LogP contribution < -0.4 is 10.1 Å². The molecule has 1 aromatic carbocycles. The van der Waals surface area contributed by atoms with E-state index in [0.29, 0.717) is 11.8 Å². The van der Waals surface area contributed by atoms with Crippen molar-refractivity contribution in [2.75, 3.05) is 19.5 Å². The number of aryl methyl sites for hydroxylation is 2. The highest BCUT2D eigenvalue weighted by Crippen LogP contribution is 2.35. The Kier molecular flexibility index (Phi) is 3.04. The van der Waals surface area contributed by atoms with E-state index in [4.69, 9.17) is 9.15 Å². The number of methoxy groups -OCH3 is 1. The predicted octanol–water partition coefficient (Wildman–Crippen LogP) is 3.01. The monoisotopic (exact) mass is 232 g/mol. The smallest absolute Gasteiger partial charge is 0.294 e. The van der Waals surface area contributed by atoms with Crippen LogP contribution in [0.25, 0.3) is 11.3 Å². The van der Waals surface area contributed by atoms with Crippen LogP contribution >= 0.6 is 0 Å². The van der Waals surface area contributed by atoms with Gasteiger partial charge in [0.15, 0.2) is 5.76 Å².